The second-order valence-electron chi connectivity index (χ2n) is 3.18. The van der Waals surface area contributed by atoms with E-state index in [-0.39, 0.29) is 0 Å². The van der Waals surface area contributed by atoms with E-state index in [1.54, 1.807) is 0 Å². The lowest BCUT2D eigenvalue weighted by molar-refractivity contribution is 0.853. The minimum absolute atomic E-state index is 0.449. The molecule has 0 aliphatic rings. The molecule has 3 nitrogen and oxygen atoms in total. The Morgan fingerprint density at radius 1 is 1.42 bits per heavy atom. The molecule has 0 aliphatic heterocycles. The predicted molar refractivity (Wildman–Crippen MR) is 50.6 cm³/mol. The van der Waals surface area contributed by atoms with Crippen LogP contribution in [-0.4, -0.2) is 4.98 Å². The molecule has 1 aromatic rings. The maximum absolute atomic E-state index is 5.61. The Hall–Kier alpha value is -1.09. The van der Waals surface area contributed by atoms with Gasteiger partial charge in [0.05, 0.1) is 5.69 Å². The highest BCUT2D eigenvalue weighted by molar-refractivity contribution is 5.36. The minimum Gasteiger partial charge on any atom is -0.384 e. The molecule has 1 aromatic heterocycles. The second kappa shape index (κ2) is 3.54. The van der Waals surface area contributed by atoms with Crippen LogP contribution >= 0.6 is 0 Å². The largest absolute Gasteiger partial charge is 0.384 e. The first-order valence-electron chi connectivity index (χ1n) is 4.10. The van der Waals surface area contributed by atoms with E-state index in [4.69, 9.17) is 11.5 Å². The van der Waals surface area contributed by atoms with Gasteiger partial charge < -0.3 is 11.5 Å². The van der Waals surface area contributed by atoms with Crippen molar-refractivity contribution in [3.63, 3.8) is 0 Å². The van der Waals surface area contributed by atoms with Gasteiger partial charge in [-0.3, -0.25) is 0 Å². The molecule has 12 heavy (non-hydrogen) atoms. The Kier molecular flexibility index (Phi) is 2.65. The fourth-order valence-corrected chi connectivity index (χ4v) is 1.07. The molecule has 0 amide bonds. The van der Waals surface area contributed by atoms with Crippen LogP contribution in [0.25, 0.3) is 0 Å². The number of pyridine rings is 1. The van der Waals surface area contributed by atoms with E-state index in [9.17, 15) is 0 Å². The summed E-state index contributed by atoms with van der Waals surface area (Å²) in [6.07, 6.45) is 0. The number of hydrogen-bond acceptors (Lipinski definition) is 3. The SMILES string of the molecule is CC(C)c1cc(N)nc(CN)c1. The van der Waals surface area contributed by atoms with Gasteiger partial charge in [0.25, 0.3) is 0 Å². The summed E-state index contributed by atoms with van der Waals surface area (Å²) >= 11 is 0. The molecular weight excluding hydrogens is 150 g/mol. The molecule has 0 bridgehead atoms. The van der Waals surface area contributed by atoms with Crippen molar-refractivity contribution in [2.45, 2.75) is 26.3 Å². The van der Waals surface area contributed by atoms with Gasteiger partial charge in [-0.15, -0.1) is 0 Å². The molecule has 0 spiro atoms. The first kappa shape index (κ1) is 9.00. The quantitative estimate of drug-likeness (QED) is 0.693. The molecule has 0 unspecified atom stereocenters. The van der Waals surface area contributed by atoms with Crippen molar-refractivity contribution in [1.82, 2.24) is 4.98 Å². The van der Waals surface area contributed by atoms with Crippen molar-refractivity contribution in [2.75, 3.05) is 5.73 Å². The number of nitrogens with two attached hydrogens (primary N) is 2. The third-order valence-electron chi connectivity index (χ3n) is 1.80. The third-order valence-corrected chi connectivity index (χ3v) is 1.80. The topological polar surface area (TPSA) is 64.9 Å². The van der Waals surface area contributed by atoms with E-state index < -0.39 is 0 Å². The molecular formula is C9H15N3. The molecule has 0 saturated heterocycles. The average Bonchev–Trinajstić information content (AvgIpc) is 2.03. The van der Waals surface area contributed by atoms with E-state index in [0.29, 0.717) is 18.3 Å². The normalized spacial score (nSPS) is 10.7. The third kappa shape index (κ3) is 1.95. The van der Waals surface area contributed by atoms with E-state index in [1.807, 2.05) is 12.1 Å². The lowest BCUT2D eigenvalue weighted by Gasteiger charge is -2.07. The summed E-state index contributed by atoms with van der Waals surface area (Å²) < 4.78 is 0. The Balaban J connectivity index is 3.06. The molecule has 0 aromatic carbocycles. The zero-order valence-corrected chi connectivity index (χ0v) is 7.54. The summed E-state index contributed by atoms with van der Waals surface area (Å²) in [6, 6.07) is 3.89. The van der Waals surface area contributed by atoms with Gasteiger partial charge in [-0.1, -0.05) is 13.8 Å². The van der Waals surface area contributed by atoms with Gasteiger partial charge in [0.1, 0.15) is 5.82 Å². The molecule has 0 saturated carbocycles. The zero-order valence-electron chi connectivity index (χ0n) is 7.54. The first-order chi connectivity index (χ1) is 5.63. The molecule has 4 N–H and O–H groups in total. The standard InChI is InChI=1S/C9H15N3/c1-6(2)7-3-8(5-10)12-9(11)4-7/h3-4,6H,5,10H2,1-2H3,(H2,11,12). The molecule has 0 atom stereocenters. The molecule has 1 rings (SSSR count). The Morgan fingerprint density at radius 3 is 2.58 bits per heavy atom. The van der Waals surface area contributed by atoms with E-state index >= 15 is 0 Å². The maximum Gasteiger partial charge on any atom is 0.123 e. The summed E-state index contributed by atoms with van der Waals surface area (Å²) in [7, 11) is 0. The molecule has 3 heteroatoms. The highest BCUT2D eigenvalue weighted by Gasteiger charge is 2.02. The van der Waals surface area contributed by atoms with Gasteiger partial charge >= 0.3 is 0 Å². The van der Waals surface area contributed by atoms with Crippen LogP contribution in [0.4, 0.5) is 5.82 Å². The van der Waals surface area contributed by atoms with Crippen molar-refractivity contribution in [3.8, 4) is 0 Å². The van der Waals surface area contributed by atoms with Gasteiger partial charge in [0, 0.05) is 6.54 Å². The lowest BCUT2D eigenvalue weighted by atomic mass is 10.0. The Morgan fingerprint density at radius 2 is 2.08 bits per heavy atom. The van der Waals surface area contributed by atoms with E-state index in [1.165, 1.54) is 5.56 Å². The number of hydrogen-bond donors (Lipinski definition) is 2. The van der Waals surface area contributed by atoms with Crippen LogP contribution in [0.15, 0.2) is 12.1 Å². The number of rotatable bonds is 2. The number of aromatic nitrogens is 1. The molecule has 0 fully saturated rings. The lowest BCUT2D eigenvalue weighted by Crippen LogP contribution is -2.04. The number of anilines is 1. The van der Waals surface area contributed by atoms with Crippen LogP contribution in [0.1, 0.15) is 31.0 Å². The molecule has 66 valence electrons. The van der Waals surface area contributed by atoms with E-state index in [2.05, 4.69) is 18.8 Å². The fourth-order valence-electron chi connectivity index (χ4n) is 1.07. The van der Waals surface area contributed by atoms with Crippen molar-refractivity contribution in [1.29, 1.82) is 0 Å². The molecule has 0 aliphatic carbocycles. The van der Waals surface area contributed by atoms with Crippen molar-refractivity contribution in [2.24, 2.45) is 5.73 Å². The van der Waals surface area contributed by atoms with Gasteiger partial charge in [-0.2, -0.15) is 0 Å². The number of nitrogens with zero attached hydrogens (tertiary/aromatic N) is 1. The van der Waals surface area contributed by atoms with Crippen LogP contribution in [0, 0.1) is 0 Å². The molecule has 1 heterocycles. The summed E-state index contributed by atoms with van der Waals surface area (Å²) in [5.74, 6) is 1.03. The van der Waals surface area contributed by atoms with Crippen LogP contribution in [0.3, 0.4) is 0 Å². The Bertz CT molecular complexity index is 268. The van der Waals surface area contributed by atoms with Crippen molar-refractivity contribution in [3.05, 3.63) is 23.4 Å². The number of nitrogen functional groups attached to an aromatic ring is 1. The maximum atomic E-state index is 5.61. The van der Waals surface area contributed by atoms with E-state index in [0.717, 1.165) is 5.69 Å². The monoisotopic (exact) mass is 165 g/mol. The summed E-state index contributed by atoms with van der Waals surface area (Å²) in [5.41, 5.74) is 13.1. The average molecular weight is 165 g/mol. The zero-order chi connectivity index (χ0) is 9.14. The summed E-state index contributed by atoms with van der Waals surface area (Å²) in [5, 5.41) is 0. The Labute approximate surface area is 72.8 Å². The highest BCUT2D eigenvalue weighted by atomic mass is 14.8. The predicted octanol–water partition coefficient (Wildman–Crippen LogP) is 1.25. The first-order valence-corrected chi connectivity index (χ1v) is 4.10. The van der Waals surface area contributed by atoms with Gasteiger partial charge in [-0.25, -0.2) is 4.98 Å². The smallest absolute Gasteiger partial charge is 0.123 e. The van der Waals surface area contributed by atoms with Gasteiger partial charge in [0.2, 0.25) is 0 Å². The minimum atomic E-state index is 0.449. The van der Waals surface area contributed by atoms with Crippen LogP contribution in [-0.2, 0) is 6.54 Å². The summed E-state index contributed by atoms with van der Waals surface area (Å²) in [4.78, 5) is 4.09. The van der Waals surface area contributed by atoms with Crippen LogP contribution < -0.4 is 11.5 Å². The van der Waals surface area contributed by atoms with Crippen molar-refractivity contribution < 1.29 is 0 Å². The molecule has 0 radical (unpaired) electrons. The van der Waals surface area contributed by atoms with Crippen molar-refractivity contribution >= 4 is 5.82 Å². The summed E-state index contributed by atoms with van der Waals surface area (Å²) in [6.45, 7) is 4.69. The van der Waals surface area contributed by atoms with Gasteiger partial charge in [-0.05, 0) is 23.6 Å². The highest BCUT2D eigenvalue weighted by Crippen LogP contribution is 2.16. The second-order valence-corrected chi connectivity index (χ2v) is 3.18. The van der Waals surface area contributed by atoms with Crippen LogP contribution in [0.5, 0.6) is 0 Å². The fraction of sp³-hybridized carbons (Fsp3) is 0.444. The van der Waals surface area contributed by atoms with Crippen LogP contribution in [0.2, 0.25) is 0 Å². The van der Waals surface area contributed by atoms with Gasteiger partial charge in [0.15, 0.2) is 0 Å².